The first-order chi connectivity index (χ1) is 21.5. The first-order valence-electron chi connectivity index (χ1n) is 14.1. The lowest BCUT2D eigenvalue weighted by Gasteiger charge is -2.42. The Balaban J connectivity index is 0.994. The summed E-state index contributed by atoms with van der Waals surface area (Å²) in [6, 6.07) is 30.8. The summed E-state index contributed by atoms with van der Waals surface area (Å²) in [7, 11) is 1.79. The fourth-order valence-electron chi connectivity index (χ4n) is 5.56. The summed E-state index contributed by atoms with van der Waals surface area (Å²) in [5.74, 6) is -0.531. The van der Waals surface area contributed by atoms with E-state index in [4.69, 9.17) is 21.2 Å². The second kappa shape index (κ2) is 11.8. The summed E-state index contributed by atoms with van der Waals surface area (Å²) in [5, 5.41) is 19.1. The Labute approximate surface area is 262 Å². The van der Waals surface area contributed by atoms with Crippen LogP contribution in [-0.2, 0) is 10.3 Å². The van der Waals surface area contributed by atoms with E-state index in [-0.39, 0.29) is 5.60 Å². The molecule has 9 nitrogen and oxygen atoms in total. The van der Waals surface area contributed by atoms with Gasteiger partial charge in [0.2, 0.25) is 0 Å². The zero-order valence-electron chi connectivity index (χ0n) is 23.8. The fourth-order valence-corrected chi connectivity index (χ4v) is 6.54. The monoisotopic (exact) mass is 622 g/mol. The summed E-state index contributed by atoms with van der Waals surface area (Å²) >= 11 is 7.61. The van der Waals surface area contributed by atoms with Crippen LogP contribution in [0.2, 0.25) is 5.02 Å². The number of ether oxygens (including phenoxy) is 1. The zero-order valence-corrected chi connectivity index (χ0v) is 25.3. The third-order valence-corrected chi connectivity index (χ3v) is 9.37. The molecule has 0 bridgehead atoms. The molecule has 1 aliphatic heterocycles. The molecule has 0 atom stereocenters. The van der Waals surface area contributed by atoms with Crippen LogP contribution < -0.4 is 9.74 Å². The number of hydrogen-bond acceptors (Lipinski definition) is 9. The van der Waals surface area contributed by atoms with Crippen LogP contribution in [0.1, 0.15) is 28.8 Å². The highest BCUT2D eigenvalue weighted by molar-refractivity contribution is 7.17. The number of benzene rings is 4. The zero-order chi connectivity index (χ0) is 30.1. The topological polar surface area (TPSA) is 95.3 Å². The van der Waals surface area contributed by atoms with E-state index >= 15 is 0 Å². The van der Waals surface area contributed by atoms with E-state index in [0.29, 0.717) is 16.6 Å². The Bertz CT molecular complexity index is 1910. The molecule has 0 spiro atoms. The number of carbonyl (C=O) groups excluding carboxylic acids is 1. The molecule has 220 valence electrons. The summed E-state index contributed by atoms with van der Waals surface area (Å²) in [6.07, 6.45) is 1.78. The maximum absolute atomic E-state index is 12.7. The Hall–Kier alpha value is -4.64. The number of aromatic nitrogens is 5. The lowest BCUT2D eigenvalue weighted by atomic mass is 9.84. The lowest BCUT2D eigenvalue weighted by Crippen LogP contribution is -2.43. The Kier molecular flexibility index (Phi) is 7.55. The van der Waals surface area contributed by atoms with Crippen LogP contribution in [0, 0.1) is 0 Å². The minimum absolute atomic E-state index is 0.297. The largest absolute Gasteiger partial charge is 0.373 e. The summed E-state index contributed by atoms with van der Waals surface area (Å²) in [6.45, 7) is 1.77. The molecule has 0 aliphatic carbocycles. The van der Waals surface area contributed by atoms with Crippen molar-refractivity contribution in [2.24, 2.45) is 0 Å². The molecule has 6 aromatic rings. The van der Waals surface area contributed by atoms with E-state index in [1.807, 2.05) is 36.4 Å². The van der Waals surface area contributed by atoms with Gasteiger partial charge in [-0.2, -0.15) is 0 Å². The first-order valence-corrected chi connectivity index (χ1v) is 15.3. The average Bonchev–Trinajstić information content (AvgIpc) is 3.74. The van der Waals surface area contributed by atoms with Crippen LogP contribution >= 0.6 is 22.9 Å². The maximum Gasteiger partial charge on any atom is 0.365 e. The van der Waals surface area contributed by atoms with Crippen molar-refractivity contribution >= 4 is 45.6 Å². The van der Waals surface area contributed by atoms with E-state index in [2.05, 4.69) is 61.8 Å². The molecule has 0 radical (unpaired) electrons. The van der Waals surface area contributed by atoms with Crippen LogP contribution in [-0.4, -0.2) is 51.5 Å². The van der Waals surface area contributed by atoms with Crippen LogP contribution in [0.3, 0.4) is 0 Å². The minimum Gasteiger partial charge on any atom is -0.373 e. The predicted octanol–water partition coefficient (Wildman–Crippen LogP) is 6.68. The van der Waals surface area contributed by atoms with Crippen molar-refractivity contribution in [2.45, 2.75) is 18.4 Å². The number of anilines is 1. The number of carbonyl (C=O) groups is 1. The Morgan fingerprint density at radius 1 is 0.818 bits per heavy atom. The van der Waals surface area contributed by atoms with E-state index in [1.165, 1.54) is 22.6 Å². The molecule has 11 heteroatoms. The van der Waals surface area contributed by atoms with Crippen LogP contribution in [0.15, 0.2) is 97.1 Å². The predicted molar refractivity (Wildman–Crippen MR) is 171 cm³/mol. The number of hydrogen-bond donors (Lipinski definition) is 0. The van der Waals surface area contributed by atoms with Crippen molar-refractivity contribution in [1.82, 2.24) is 25.4 Å². The molecule has 0 unspecified atom stereocenters. The number of nitrogens with zero attached hydrogens (tertiary/aromatic N) is 6. The van der Waals surface area contributed by atoms with Gasteiger partial charge in [0.15, 0.2) is 0 Å². The van der Waals surface area contributed by atoms with Gasteiger partial charge >= 0.3 is 5.97 Å². The van der Waals surface area contributed by atoms with Gasteiger partial charge in [0.05, 0.1) is 11.2 Å². The van der Waals surface area contributed by atoms with Crippen molar-refractivity contribution < 1.29 is 14.4 Å². The molecule has 7 rings (SSSR count). The summed E-state index contributed by atoms with van der Waals surface area (Å²) < 4.78 is 6.05. The molecular formula is C33H27ClN6O3S. The van der Waals surface area contributed by atoms with Crippen LogP contribution in [0.5, 0.6) is 0 Å². The third kappa shape index (κ3) is 5.43. The van der Waals surface area contributed by atoms with Gasteiger partial charge in [-0.25, -0.2) is 4.79 Å². The van der Waals surface area contributed by atoms with Gasteiger partial charge in [-0.3, -0.25) is 0 Å². The van der Waals surface area contributed by atoms with Crippen LogP contribution in [0.25, 0.3) is 32.2 Å². The highest BCUT2D eigenvalue weighted by Crippen LogP contribution is 2.38. The smallest absolute Gasteiger partial charge is 0.365 e. The molecule has 44 heavy (non-hydrogen) atoms. The maximum atomic E-state index is 12.7. The quantitative estimate of drug-likeness (QED) is 0.182. The number of halogens is 1. The van der Waals surface area contributed by atoms with Crippen molar-refractivity contribution in [3.63, 3.8) is 0 Å². The molecule has 4 aromatic carbocycles. The van der Waals surface area contributed by atoms with Crippen molar-refractivity contribution in [3.05, 3.63) is 113 Å². The van der Waals surface area contributed by atoms with Crippen molar-refractivity contribution in [1.29, 1.82) is 0 Å². The number of fused-ring (bicyclic) bond motifs is 1. The Morgan fingerprint density at radius 2 is 1.45 bits per heavy atom. The molecule has 0 saturated carbocycles. The number of piperidine rings is 1. The fraction of sp³-hybridized carbons (Fsp3) is 0.182. The number of methoxy groups -OCH3 is 1. The summed E-state index contributed by atoms with van der Waals surface area (Å²) in [5.41, 5.74) is 5.56. The van der Waals surface area contributed by atoms with Gasteiger partial charge in [-0.15, -0.1) is 15.3 Å². The molecule has 2 aromatic heterocycles. The van der Waals surface area contributed by atoms with Crippen LogP contribution in [0.4, 0.5) is 5.69 Å². The standard InChI is InChI=1S/C33H27ClN6O3S/c1-42-33(25-12-14-26(34)15-13-25)18-20-39(21-19-33)27-16-10-23(11-17-27)31-37-36-30(44-31)22-6-8-24(9-7-22)32(41)43-40-29-5-3-2-4-28(29)35-38-40/h2-17H,18-21H2,1H3. The molecule has 0 N–H and O–H groups in total. The molecule has 0 amide bonds. The van der Waals surface area contributed by atoms with Gasteiger partial charge in [-0.1, -0.05) is 64.2 Å². The van der Waals surface area contributed by atoms with Gasteiger partial charge in [0, 0.05) is 42.0 Å². The molecule has 3 heterocycles. The van der Waals surface area contributed by atoms with Crippen molar-refractivity contribution in [2.75, 3.05) is 25.1 Å². The highest BCUT2D eigenvalue weighted by atomic mass is 35.5. The van der Waals surface area contributed by atoms with Gasteiger partial charge < -0.3 is 14.5 Å². The number of para-hydroxylation sites is 1. The normalized spacial score (nSPS) is 14.5. The van der Waals surface area contributed by atoms with Gasteiger partial charge in [0.1, 0.15) is 21.0 Å². The van der Waals surface area contributed by atoms with E-state index < -0.39 is 5.97 Å². The third-order valence-electron chi connectivity index (χ3n) is 8.10. The Morgan fingerprint density at radius 3 is 2.11 bits per heavy atom. The summed E-state index contributed by atoms with van der Waals surface area (Å²) in [4.78, 5) is 21.6. The second-order valence-corrected chi connectivity index (χ2v) is 12.0. The van der Waals surface area contributed by atoms with E-state index in [0.717, 1.165) is 56.9 Å². The molecular weight excluding hydrogens is 596 g/mol. The van der Waals surface area contributed by atoms with Gasteiger partial charge in [0.25, 0.3) is 0 Å². The average molecular weight is 623 g/mol. The molecule has 1 aliphatic rings. The number of rotatable bonds is 7. The molecule has 1 fully saturated rings. The second-order valence-electron chi connectivity index (χ2n) is 10.6. The SMILES string of the molecule is COC1(c2ccc(Cl)cc2)CCN(c2ccc(-c3nnc(-c4ccc(C(=O)On5nnc6ccccc65)cc4)s3)cc2)CC1. The minimum atomic E-state index is -0.531. The van der Waals surface area contributed by atoms with Gasteiger partial charge in [-0.05, 0) is 84.3 Å². The highest BCUT2D eigenvalue weighted by Gasteiger charge is 2.36. The van der Waals surface area contributed by atoms with E-state index in [9.17, 15) is 4.79 Å². The van der Waals surface area contributed by atoms with Crippen molar-refractivity contribution in [3.8, 4) is 21.1 Å². The first kappa shape index (κ1) is 28.1. The van der Waals surface area contributed by atoms with E-state index in [1.54, 1.807) is 31.4 Å². The lowest BCUT2D eigenvalue weighted by molar-refractivity contribution is -0.0346. The molecule has 1 saturated heterocycles.